The Morgan fingerprint density at radius 1 is 1.08 bits per heavy atom. The second kappa shape index (κ2) is 7.34. The first-order valence-electron chi connectivity index (χ1n) is 8.96. The number of thiophene rings is 1. The summed E-state index contributed by atoms with van der Waals surface area (Å²) in [4.78, 5) is 15.9. The maximum Gasteiger partial charge on any atom is 0.264 e. The molecule has 26 heavy (non-hydrogen) atoms. The normalized spacial score (nSPS) is 16.7. The number of anilines is 1. The van der Waals surface area contributed by atoms with E-state index < -0.39 is 0 Å². The molecule has 1 saturated heterocycles. The first-order valence-corrected chi connectivity index (χ1v) is 9.84. The predicted octanol–water partition coefficient (Wildman–Crippen LogP) is 5.05. The van der Waals surface area contributed by atoms with Crippen molar-refractivity contribution in [3.63, 3.8) is 0 Å². The van der Waals surface area contributed by atoms with Gasteiger partial charge in [0.1, 0.15) is 0 Å². The third kappa shape index (κ3) is 3.51. The van der Waals surface area contributed by atoms with E-state index in [1.165, 1.54) is 16.9 Å². The van der Waals surface area contributed by atoms with E-state index in [1.54, 1.807) is 0 Å². The third-order valence-electron chi connectivity index (χ3n) is 4.84. The molecule has 1 atom stereocenters. The lowest BCUT2D eigenvalue weighted by molar-refractivity contribution is 0.0797. The van der Waals surface area contributed by atoms with Crippen molar-refractivity contribution in [2.24, 2.45) is 0 Å². The highest BCUT2D eigenvalue weighted by Crippen LogP contribution is 2.30. The molecule has 2 heterocycles. The van der Waals surface area contributed by atoms with Crippen LogP contribution in [0.3, 0.4) is 0 Å². The van der Waals surface area contributed by atoms with Crippen LogP contribution < -0.4 is 5.32 Å². The zero-order chi connectivity index (χ0) is 17.9. The van der Waals surface area contributed by atoms with Crippen LogP contribution in [0.25, 0.3) is 11.1 Å². The van der Waals surface area contributed by atoms with Gasteiger partial charge in [0.2, 0.25) is 0 Å². The second-order valence-electron chi connectivity index (χ2n) is 6.78. The SMILES string of the molecule is Cc1ccc(-c2ccsc2C(=O)N2CCC(Nc3ccccc3)C2)cc1. The Morgan fingerprint density at radius 3 is 2.62 bits per heavy atom. The van der Waals surface area contributed by atoms with E-state index in [-0.39, 0.29) is 5.91 Å². The number of likely N-dealkylation sites (tertiary alicyclic amines) is 1. The summed E-state index contributed by atoms with van der Waals surface area (Å²) >= 11 is 1.54. The summed E-state index contributed by atoms with van der Waals surface area (Å²) in [6.45, 7) is 3.63. The molecule has 3 aromatic rings. The zero-order valence-electron chi connectivity index (χ0n) is 14.8. The van der Waals surface area contributed by atoms with Gasteiger partial charge in [0.25, 0.3) is 5.91 Å². The number of aryl methyl sites for hydroxylation is 1. The Bertz CT molecular complexity index is 886. The van der Waals surface area contributed by atoms with Gasteiger partial charge >= 0.3 is 0 Å². The minimum absolute atomic E-state index is 0.146. The number of amides is 1. The van der Waals surface area contributed by atoms with Crippen LogP contribution in [-0.4, -0.2) is 29.9 Å². The largest absolute Gasteiger partial charge is 0.380 e. The molecule has 1 amide bonds. The summed E-state index contributed by atoms with van der Waals surface area (Å²) in [5, 5.41) is 5.55. The fraction of sp³-hybridized carbons (Fsp3) is 0.227. The lowest BCUT2D eigenvalue weighted by atomic mass is 10.0. The van der Waals surface area contributed by atoms with Crippen LogP contribution >= 0.6 is 11.3 Å². The van der Waals surface area contributed by atoms with Crippen molar-refractivity contribution in [3.8, 4) is 11.1 Å². The summed E-state index contributed by atoms with van der Waals surface area (Å²) in [7, 11) is 0. The van der Waals surface area contributed by atoms with Crippen molar-refractivity contribution in [2.45, 2.75) is 19.4 Å². The fourth-order valence-electron chi connectivity index (χ4n) is 3.41. The van der Waals surface area contributed by atoms with Gasteiger partial charge in [-0.2, -0.15) is 0 Å². The van der Waals surface area contributed by atoms with Gasteiger partial charge in [-0.1, -0.05) is 48.0 Å². The van der Waals surface area contributed by atoms with E-state index in [9.17, 15) is 4.79 Å². The van der Waals surface area contributed by atoms with E-state index in [0.29, 0.717) is 6.04 Å². The van der Waals surface area contributed by atoms with E-state index in [1.807, 2.05) is 28.5 Å². The van der Waals surface area contributed by atoms with Gasteiger partial charge in [-0.15, -0.1) is 11.3 Å². The molecule has 1 unspecified atom stereocenters. The molecule has 0 aliphatic carbocycles. The molecular formula is C22H22N2OS. The van der Waals surface area contributed by atoms with Gasteiger partial charge in [0.15, 0.2) is 0 Å². The highest BCUT2D eigenvalue weighted by Gasteiger charge is 2.28. The molecule has 0 saturated carbocycles. The number of benzene rings is 2. The Balaban J connectivity index is 1.47. The maximum atomic E-state index is 13.1. The summed E-state index contributed by atoms with van der Waals surface area (Å²) in [5.74, 6) is 0.146. The third-order valence-corrected chi connectivity index (χ3v) is 5.74. The number of nitrogens with zero attached hydrogens (tertiary/aromatic N) is 1. The lowest BCUT2D eigenvalue weighted by Crippen LogP contribution is -2.31. The first kappa shape index (κ1) is 16.9. The molecule has 0 radical (unpaired) electrons. The monoisotopic (exact) mass is 362 g/mol. The van der Waals surface area contributed by atoms with Gasteiger partial charge in [-0.3, -0.25) is 4.79 Å². The Hall–Kier alpha value is -2.59. The van der Waals surface area contributed by atoms with Crippen LogP contribution in [0.5, 0.6) is 0 Å². The topological polar surface area (TPSA) is 32.3 Å². The predicted molar refractivity (Wildman–Crippen MR) is 109 cm³/mol. The van der Waals surface area contributed by atoms with Crippen LogP contribution in [0.15, 0.2) is 66.0 Å². The number of carbonyl (C=O) groups excluding carboxylic acids is 1. The van der Waals surface area contributed by atoms with Crippen molar-refractivity contribution in [3.05, 3.63) is 76.5 Å². The summed E-state index contributed by atoms with van der Waals surface area (Å²) in [6.07, 6.45) is 0.978. The average molecular weight is 362 g/mol. The molecular weight excluding hydrogens is 340 g/mol. The Kier molecular flexibility index (Phi) is 4.76. The van der Waals surface area contributed by atoms with Crippen molar-refractivity contribution in [1.82, 2.24) is 4.90 Å². The van der Waals surface area contributed by atoms with E-state index >= 15 is 0 Å². The van der Waals surface area contributed by atoms with Crippen molar-refractivity contribution >= 4 is 22.9 Å². The average Bonchev–Trinajstić information content (AvgIpc) is 3.32. The van der Waals surface area contributed by atoms with E-state index in [4.69, 9.17) is 0 Å². The number of hydrogen-bond acceptors (Lipinski definition) is 3. The summed E-state index contributed by atoms with van der Waals surface area (Å²) < 4.78 is 0. The summed E-state index contributed by atoms with van der Waals surface area (Å²) in [5.41, 5.74) is 4.49. The molecule has 2 aromatic carbocycles. The molecule has 1 N–H and O–H groups in total. The lowest BCUT2D eigenvalue weighted by Gasteiger charge is -2.18. The van der Waals surface area contributed by atoms with Gasteiger partial charge in [-0.05, 0) is 42.5 Å². The second-order valence-corrected chi connectivity index (χ2v) is 7.69. The minimum Gasteiger partial charge on any atom is -0.380 e. The molecule has 3 nitrogen and oxygen atoms in total. The quantitative estimate of drug-likeness (QED) is 0.704. The Labute approximate surface area is 158 Å². The van der Waals surface area contributed by atoms with Crippen LogP contribution in [0.2, 0.25) is 0 Å². The smallest absolute Gasteiger partial charge is 0.264 e. The van der Waals surface area contributed by atoms with Crippen molar-refractivity contribution in [2.75, 3.05) is 18.4 Å². The first-order chi connectivity index (χ1) is 12.7. The van der Waals surface area contributed by atoms with Gasteiger partial charge in [0, 0.05) is 30.4 Å². The zero-order valence-corrected chi connectivity index (χ0v) is 15.6. The van der Waals surface area contributed by atoms with E-state index in [0.717, 1.165) is 41.2 Å². The maximum absolute atomic E-state index is 13.1. The molecule has 1 fully saturated rings. The van der Waals surface area contributed by atoms with E-state index in [2.05, 4.69) is 54.7 Å². The molecule has 1 aromatic heterocycles. The number of nitrogens with one attached hydrogen (secondary N) is 1. The van der Waals surface area contributed by atoms with Gasteiger partial charge in [-0.25, -0.2) is 0 Å². The number of rotatable bonds is 4. The van der Waals surface area contributed by atoms with Crippen molar-refractivity contribution < 1.29 is 4.79 Å². The molecule has 0 bridgehead atoms. The molecule has 4 rings (SSSR count). The number of carbonyl (C=O) groups is 1. The summed E-state index contributed by atoms with van der Waals surface area (Å²) in [6, 6.07) is 20.9. The molecule has 1 aliphatic heterocycles. The minimum atomic E-state index is 0.146. The number of hydrogen-bond donors (Lipinski definition) is 1. The van der Waals surface area contributed by atoms with Gasteiger partial charge in [0.05, 0.1) is 4.88 Å². The fourth-order valence-corrected chi connectivity index (χ4v) is 4.29. The van der Waals surface area contributed by atoms with Crippen LogP contribution in [-0.2, 0) is 0 Å². The van der Waals surface area contributed by atoms with Crippen LogP contribution in [0.1, 0.15) is 21.7 Å². The number of para-hydroxylation sites is 1. The van der Waals surface area contributed by atoms with Crippen molar-refractivity contribution in [1.29, 1.82) is 0 Å². The Morgan fingerprint density at radius 2 is 1.85 bits per heavy atom. The van der Waals surface area contributed by atoms with Crippen LogP contribution in [0.4, 0.5) is 5.69 Å². The molecule has 0 spiro atoms. The molecule has 1 aliphatic rings. The van der Waals surface area contributed by atoms with Crippen LogP contribution in [0, 0.1) is 6.92 Å². The molecule has 4 heteroatoms. The highest BCUT2D eigenvalue weighted by atomic mass is 32.1. The standard InChI is InChI=1S/C22H22N2OS/c1-16-7-9-17(10-8-16)20-12-14-26-21(20)22(25)24-13-11-19(15-24)23-18-5-3-2-4-6-18/h2-10,12,14,19,23H,11,13,15H2,1H3. The van der Waals surface area contributed by atoms with Gasteiger partial charge < -0.3 is 10.2 Å². The molecule has 132 valence electrons. The highest BCUT2D eigenvalue weighted by molar-refractivity contribution is 7.12.